The fourth-order valence-corrected chi connectivity index (χ4v) is 3.35. The van der Waals surface area contributed by atoms with Crippen LogP contribution in [0.1, 0.15) is 5.56 Å². The van der Waals surface area contributed by atoms with Crippen molar-refractivity contribution in [2.75, 3.05) is 17.2 Å². The maximum Gasteiger partial charge on any atom is 0.137 e. The number of aromatic amines is 1. The molecule has 21 heavy (non-hydrogen) atoms. The monoisotopic (exact) mass is 295 g/mol. The molecule has 3 aromatic heterocycles. The van der Waals surface area contributed by atoms with Gasteiger partial charge in [0, 0.05) is 52.9 Å². The number of H-pyrrole nitrogens is 1. The van der Waals surface area contributed by atoms with E-state index >= 15 is 0 Å². The number of hydrogen-bond acceptors (Lipinski definition) is 5. The molecule has 4 heterocycles. The molecule has 3 aromatic rings. The van der Waals surface area contributed by atoms with Gasteiger partial charge in [-0.2, -0.15) is 0 Å². The van der Waals surface area contributed by atoms with Crippen molar-refractivity contribution in [1.29, 1.82) is 0 Å². The highest BCUT2D eigenvalue weighted by atomic mass is 32.2. The van der Waals surface area contributed by atoms with Crippen molar-refractivity contribution in [2.24, 2.45) is 0 Å². The third-order valence-electron chi connectivity index (χ3n) is 3.41. The molecule has 5 nitrogen and oxygen atoms in total. The predicted molar refractivity (Wildman–Crippen MR) is 85.9 cm³/mol. The zero-order chi connectivity index (χ0) is 14.1. The van der Waals surface area contributed by atoms with Crippen molar-refractivity contribution in [3.63, 3.8) is 0 Å². The van der Waals surface area contributed by atoms with Gasteiger partial charge in [-0.05, 0) is 18.2 Å². The Morgan fingerprint density at radius 2 is 2.24 bits per heavy atom. The van der Waals surface area contributed by atoms with Gasteiger partial charge in [0.05, 0.1) is 0 Å². The summed E-state index contributed by atoms with van der Waals surface area (Å²) in [6.07, 6.45) is 9.33. The van der Waals surface area contributed by atoms with Crippen LogP contribution >= 0.6 is 11.8 Å². The van der Waals surface area contributed by atoms with E-state index in [4.69, 9.17) is 0 Å². The minimum Gasteiger partial charge on any atom is -0.346 e. The van der Waals surface area contributed by atoms with Crippen molar-refractivity contribution in [2.45, 2.75) is 0 Å². The first-order valence-electron chi connectivity index (χ1n) is 6.71. The molecule has 0 spiro atoms. The maximum atomic E-state index is 4.46. The zero-order valence-corrected chi connectivity index (χ0v) is 12.0. The Balaban J connectivity index is 1.71. The summed E-state index contributed by atoms with van der Waals surface area (Å²) in [7, 11) is 0. The van der Waals surface area contributed by atoms with Crippen LogP contribution in [0.5, 0.6) is 0 Å². The number of pyridine rings is 1. The number of fused-ring (bicyclic) bond motifs is 1. The number of hydrogen-bond donors (Lipinski definition) is 1. The van der Waals surface area contributed by atoms with Gasteiger partial charge in [-0.1, -0.05) is 0 Å². The zero-order valence-electron chi connectivity index (χ0n) is 11.2. The Labute approximate surface area is 126 Å². The second-order valence-electron chi connectivity index (χ2n) is 4.74. The minimum atomic E-state index is 0.924. The Morgan fingerprint density at radius 1 is 1.24 bits per heavy atom. The lowest BCUT2D eigenvalue weighted by molar-refractivity contribution is 0.974. The molecule has 0 bridgehead atoms. The molecule has 0 unspecified atom stereocenters. The second kappa shape index (κ2) is 5.21. The molecular weight excluding hydrogens is 282 g/mol. The molecule has 0 aliphatic carbocycles. The highest BCUT2D eigenvalue weighted by Crippen LogP contribution is 2.33. The molecule has 0 aromatic carbocycles. The summed E-state index contributed by atoms with van der Waals surface area (Å²) in [5, 5.41) is 1.13. The van der Waals surface area contributed by atoms with E-state index in [0.717, 1.165) is 34.7 Å². The molecule has 1 aliphatic heterocycles. The molecular formula is C15H13N5S. The summed E-state index contributed by atoms with van der Waals surface area (Å²) in [4.78, 5) is 19.2. The topological polar surface area (TPSA) is 57.7 Å². The van der Waals surface area contributed by atoms with Crippen LogP contribution in [0.25, 0.3) is 15.9 Å². The quantitative estimate of drug-likeness (QED) is 0.788. The van der Waals surface area contributed by atoms with Gasteiger partial charge >= 0.3 is 0 Å². The highest BCUT2D eigenvalue weighted by Gasteiger charge is 2.15. The number of anilines is 1. The molecule has 1 N–H and O–H groups in total. The van der Waals surface area contributed by atoms with Gasteiger partial charge in [0.1, 0.15) is 17.8 Å². The van der Waals surface area contributed by atoms with E-state index in [1.54, 1.807) is 12.5 Å². The molecule has 1 aliphatic rings. The van der Waals surface area contributed by atoms with E-state index in [-0.39, 0.29) is 0 Å². The Bertz CT molecular complexity index is 796. The highest BCUT2D eigenvalue weighted by molar-refractivity contribution is 8.08. The number of nitrogens with one attached hydrogen (secondary N) is 1. The second-order valence-corrected chi connectivity index (χ2v) is 5.88. The van der Waals surface area contributed by atoms with Crippen LogP contribution in [0, 0.1) is 0 Å². The van der Waals surface area contributed by atoms with E-state index in [1.807, 2.05) is 36.3 Å². The van der Waals surface area contributed by atoms with Gasteiger partial charge < -0.3 is 9.88 Å². The molecule has 0 saturated carbocycles. The fourth-order valence-electron chi connectivity index (χ4n) is 2.36. The average Bonchev–Trinajstić information content (AvgIpc) is 3.03. The Kier molecular flexibility index (Phi) is 3.08. The summed E-state index contributed by atoms with van der Waals surface area (Å²) in [6.45, 7) is 0.949. The van der Waals surface area contributed by atoms with E-state index in [1.165, 1.54) is 4.91 Å². The van der Waals surface area contributed by atoms with Crippen LogP contribution in [0.4, 0.5) is 5.82 Å². The number of thioether (sulfide) groups is 1. The summed E-state index contributed by atoms with van der Waals surface area (Å²) in [5.74, 6) is 1.96. The molecule has 0 fully saturated rings. The lowest BCUT2D eigenvalue weighted by Gasteiger charge is -2.25. The van der Waals surface area contributed by atoms with Gasteiger partial charge in [-0.15, -0.1) is 11.8 Å². The van der Waals surface area contributed by atoms with E-state index < -0.39 is 0 Å². The number of nitrogens with zero attached hydrogens (tertiary/aromatic N) is 4. The van der Waals surface area contributed by atoms with Crippen LogP contribution in [0.15, 0.2) is 49.3 Å². The van der Waals surface area contributed by atoms with E-state index in [9.17, 15) is 0 Å². The lowest BCUT2D eigenvalue weighted by Crippen LogP contribution is -2.23. The van der Waals surface area contributed by atoms with Crippen LogP contribution in [0.3, 0.4) is 0 Å². The normalized spacial score (nSPS) is 15.2. The molecule has 0 amide bonds. The lowest BCUT2D eigenvalue weighted by atomic mass is 10.2. The van der Waals surface area contributed by atoms with Crippen LogP contribution in [0.2, 0.25) is 0 Å². The first-order chi connectivity index (χ1) is 10.4. The predicted octanol–water partition coefficient (Wildman–Crippen LogP) is 2.90. The first-order valence-corrected chi connectivity index (χ1v) is 7.69. The molecule has 6 heteroatoms. The minimum absolute atomic E-state index is 0.924. The third kappa shape index (κ3) is 2.38. The van der Waals surface area contributed by atoms with Crippen molar-refractivity contribution in [1.82, 2.24) is 19.9 Å². The van der Waals surface area contributed by atoms with Gasteiger partial charge in [0.25, 0.3) is 0 Å². The van der Waals surface area contributed by atoms with Crippen molar-refractivity contribution in [3.05, 3.63) is 54.9 Å². The van der Waals surface area contributed by atoms with Crippen LogP contribution in [-0.4, -0.2) is 32.2 Å². The van der Waals surface area contributed by atoms with Gasteiger partial charge in [0.2, 0.25) is 0 Å². The molecule has 0 saturated heterocycles. The van der Waals surface area contributed by atoms with E-state index in [0.29, 0.717) is 0 Å². The molecule has 4 rings (SSSR count). The van der Waals surface area contributed by atoms with Crippen LogP contribution in [-0.2, 0) is 0 Å². The molecule has 0 atom stereocenters. The van der Waals surface area contributed by atoms with Crippen molar-refractivity contribution < 1.29 is 0 Å². The molecule has 0 radical (unpaired) electrons. The summed E-state index contributed by atoms with van der Waals surface area (Å²) >= 11 is 1.85. The Hall–Kier alpha value is -2.34. The van der Waals surface area contributed by atoms with Crippen molar-refractivity contribution in [3.8, 4) is 0 Å². The SMILES string of the molecule is C1=C(c2cnc3[nH]ccc3c2)SCCN1c1ccncn1. The molecule has 104 valence electrons. The van der Waals surface area contributed by atoms with Gasteiger partial charge in [-0.25, -0.2) is 15.0 Å². The summed E-state index contributed by atoms with van der Waals surface area (Å²) < 4.78 is 0. The van der Waals surface area contributed by atoms with Crippen molar-refractivity contribution >= 4 is 33.5 Å². The van der Waals surface area contributed by atoms with Gasteiger partial charge in [0.15, 0.2) is 0 Å². The standard InChI is InChI=1S/C15H13N5S/c1-4-17-15-11(1)7-12(8-18-15)13-9-20(5-6-21-13)14-2-3-16-10-19-14/h1-4,7-10H,5-6H2,(H,17,18). The van der Waals surface area contributed by atoms with Gasteiger partial charge in [-0.3, -0.25) is 0 Å². The number of rotatable bonds is 2. The fraction of sp³-hybridized carbons (Fsp3) is 0.133. The Morgan fingerprint density at radius 3 is 3.14 bits per heavy atom. The van der Waals surface area contributed by atoms with Crippen LogP contribution < -0.4 is 4.90 Å². The third-order valence-corrected chi connectivity index (χ3v) is 4.45. The number of aromatic nitrogens is 4. The smallest absolute Gasteiger partial charge is 0.137 e. The summed E-state index contributed by atoms with van der Waals surface area (Å²) in [6, 6.07) is 6.14. The van der Waals surface area contributed by atoms with E-state index in [2.05, 4.69) is 37.1 Å². The maximum absolute atomic E-state index is 4.46. The first kappa shape index (κ1) is 12.4. The average molecular weight is 295 g/mol. The summed E-state index contributed by atoms with van der Waals surface area (Å²) in [5.41, 5.74) is 2.07. The largest absolute Gasteiger partial charge is 0.346 e.